The minimum atomic E-state index is 0.371. The van der Waals surface area contributed by atoms with Crippen LogP contribution in [0.25, 0.3) is 0 Å². The summed E-state index contributed by atoms with van der Waals surface area (Å²) in [5, 5.41) is 0. The van der Waals surface area contributed by atoms with Gasteiger partial charge in [0.1, 0.15) is 0 Å². The third-order valence-electron chi connectivity index (χ3n) is 7.51. The SMILES string of the molecule is CC#CC1=CCC2C3CCC4=CC(=O)CC[C@@H]4C3CC[C@]12CC. The largest absolute Gasteiger partial charge is 0.295 e. The molecule has 0 aliphatic heterocycles. The molecule has 1 nitrogen and oxygen atoms in total. The quantitative estimate of drug-likeness (QED) is 0.617. The summed E-state index contributed by atoms with van der Waals surface area (Å²) in [6.07, 6.45) is 14.0. The first-order chi connectivity index (χ1) is 11.2. The van der Waals surface area contributed by atoms with Gasteiger partial charge in [-0.1, -0.05) is 24.5 Å². The zero-order chi connectivity index (χ0) is 16.0. The van der Waals surface area contributed by atoms with Crippen molar-refractivity contribution in [2.75, 3.05) is 0 Å². The molecule has 0 radical (unpaired) electrons. The number of fused-ring (bicyclic) bond motifs is 5. The predicted octanol–water partition coefficient (Wildman–Crippen LogP) is 5.08. The number of ketones is 1. The maximum absolute atomic E-state index is 11.8. The summed E-state index contributed by atoms with van der Waals surface area (Å²) in [4.78, 5) is 11.8. The van der Waals surface area contributed by atoms with Crippen LogP contribution in [0.3, 0.4) is 0 Å². The summed E-state index contributed by atoms with van der Waals surface area (Å²) in [6, 6.07) is 0. The molecule has 0 saturated heterocycles. The van der Waals surface area contributed by atoms with E-state index in [-0.39, 0.29) is 0 Å². The topological polar surface area (TPSA) is 17.1 Å². The second-order valence-corrected chi connectivity index (χ2v) is 8.08. The lowest BCUT2D eigenvalue weighted by molar-refractivity contribution is -0.116. The van der Waals surface area contributed by atoms with Gasteiger partial charge in [0.25, 0.3) is 0 Å². The van der Waals surface area contributed by atoms with Crippen molar-refractivity contribution in [3.8, 4) is 11.8 Å². The Morgan fingerprint density at radius 1 is 1.22 bits per heavy atom. The third-order valence-corrected chi connectivity index (χ3v) is 7.51. The number of carbonyl (C=O) groups excluding carboxylic acids is 1. The molecule has 4 aliphatic carbocycles. The molecule has 0 heterocycles. The van der Waals surface area contributed by atoms with E-state index in [0.29, 0.717) is 17.1 Å². The summed E-state index contributed by atoms with van der Waals surface area (Å²) in [6.45, 7) is 4.34. The molecule has 3 unspecified atom stereocenters. The number of rotatable bonds is 1. The van der Waals surface area contributed by atoms with Crippen molar-refractivity contribution < 1.29 is 4.79 Å². The van der Waals surface area contributed by atoms with E-state index in [1.165, 1.54) is 49.7 Å². The van der Waals surface area contributed by atoms with Crippen LogP contribution < -0.4 is 0 Å². The molecule has 4 aliphatic rings. The van der Waals surface area contributed by atoms with Crippen molar-refractivity contribution in [2.24, 2.45) is 29.1 Å². The van der Waals surface area contributed by atoms with Gasteiger partial charge in [0, 0.05) is 17.4 Å². The van der Waals surface area contributed by atoms with Gasteiger partial charge in [0.15, 0.2) is 5.78 Å². The Hall–Kier alpha value is -1.29. The van der Waals surface area contributed by atoms with E-state index in [0.717, 1.165) is 30.6 Å². The first kappa shape index (κ1) is 15.3. The van der Waals surface area contributed by atoms with Crippen LogP contribution in [0.15, 0.2) is 23.3 Å². The van der Waals surface area contributed by atoms with Crippen LogP contribution in [0.4, 0.5) is 0 Å². The zero-order valence-electron chi connectivity index (χ0n) is 14.5. The Morgan fingerprint density at radius 2 is 2.09 bits per heavy atom. The highest BCUT2D eigenvalue weighted by atomic mass is 16.1. The van der Waals surface area contributed by atoms with E-state index < -0.39 is 0 Å². The number of hydrogen-bond donors (Lipinski definition) is 0. The summed E-state index contributed by atoms with van der Waals surface area (Å²) < 4.78 is 0. The minimum absolute atomic E-state index is 0.371. The van der Waals surface area contributed by atoms with Crippen LogP contribution in [-0.2, 0) is 4.79 Å². The lowest BCUT2D eigenvalue weighted by Crippen LogP contribution is -2.46. The van der Waals surface area contributed by atoms with E-state index in [1.807, 2.05) is 13.0 Å². The van der Waals surface area contributed by atoms with Crippen molar-refractivity contribution >= 4 is 5.78 Å². The van der Waals surface area contributed by atoms with Crippen LogP contribution in [-0.4, -0.2) is 5.78 Å². The van der Waals surface area contributed by atoms with Crippen LogP contribution in [0.1, 0.15) is 65.2 Å². The summed E-state index contributed by atoms with van der Waals surface area (Å²) in [5.41, 5.74) is 3.31. The fraction of sp³-hybridized carbons (Fsp3) is 0.682. The molecule has 0 amide bonds. The smallest absolute Gasteiger partial charge is 0.155 e. The second-order valence-electron chi connectivity index (χ2n) is 8.08. The van der Waals surface area contributed by atoms with Crippen molar-refractivity contribution in [1.29, 1.82) is 0 Å². The standard InChI is InChI=1S/C22H28O/c1-3-5-16-7-11-21-20-9-6-15-14-17(23)8-10-18(15)19(20)12-13-22(16,21)4-2/h7,14,18-21H,4,6,8-13H2,1-2H3/t18-,19?,20?,21?,22+/m0/s1. The predicted molar refractivity (Wildman–Crippen MR) is 93.6 cm³/mol. The maximum Gasteiger partial charge on any atom is 0.155 e. The van der Waals surface area contributed by atoms with E-state index in [9.17, 15) is 4.79 Å². The first-order valence-electron chi connectivity index (χ1n) is 9.56. The van der Waals surface area contributed by atoms with Crippen LogP contribution in [0.5, 0.6) is 0 Å². The molecule has 1 heteroatoms. The highest BCUT2D eigenvalue weighted by molar-refractivity contribution is 5.91. The molecule has 5 atom stereocenters. The molecule has 0 N–H and O–H groups in total. The highest BCUT2D eigenvalue weighted by Crippen LogP contribution is 2.63. The highest BCUT2D eigenvalue weighted by Gasteiger charge is 2.54. The molecule has 0 bridgehead atoms. The van der Waals surface area contributed by atoms with Crippen molar-refractivity contribution in [3.05, 3.63) is 23.3 Å². The molecule has 4 rings (SSSR count). The van der Waals surface area contributed by atoms with Gasteiger partial charge in [-0.05, 0) is 81.6 Å². The van der Waals surface area contributed by atoms with Crippen molar-refractivity contribution in [1.82, 2.24) is 0 Å². The van der Waals surface area contributed by atoms with Gasteiger partial charge in [-0.15, -0.1) is 5.92 Å². The Kier molecular flexibility index (Phi) is 3.75. The van der Waals surface area contributed by atoms with Crippen LogP contribution in [0.2, 0.25) is 0 Å². The number of allylic oxidation sites excluding steroid dienone is 4. The van der Waals surface area contributed by atoms with E-state index in [2.05, 4.69) is 24.8 Å². The number of hydrogen-bond acceptors (Lipinski definition) is 1. The molecular weight excluding hydrogens is 280 g/mol. The molecular formula is C22H28O. The van der Waals surface area contributed by atoms with Crippen LogP contribution in [0, 0.1) is 40.9 Å². The minimum Gasteiger partial charge on any atom is -0.295 e. The average Bonchev–Trinajstić information content (AvgIpc) is 2.94. The Morgan fingerprint density at radius 3 is 2.87 bits per heavy atom. The average molecular weight is 308 g/mol. The van der Waals surface area contributed by atoms with Crippen molar-refractivity contribution in [3.63, 3.8) is 0 Å². The Balaban J connectivity index is 1.64. The van der Waals surface area contributed by atoms with E-state index >= 15 is 0 Å². The monoisotopic (exact) mass is 308 g/mol. The lowest BCUT2D eigenvalue weighted by atomic mass is 9.50. The molecule has 2 saturated carbocycles. The summed E-state index contributed by atoms with van der Waals surface area (Å²) in [7, 11) is 0. The van der Waals surface area contributed by atoms with Crippen LogP contribution >= 0.6 is 0 Å². The van der Waals surface area contributed by atoms with Gasteiger partial charge in [0.2, 0.25) is 0 Å². The molecule has 0 aromatic carbocycles. The maximum atomic E-state index is 11.8. The second kappa shape index (κ2) is 5.66. The van der Waals surface area contributed by atoms with Crippen molar-refractivity contribution in [2.45, 2.75) is 65.2 Å². The molecule has 0 aromatic rings. The third kappa shape index (κ3) is 2.18. The fourth-order valence-corrected chi connectivity index (χ4v) is 6.52. The van der Waals surface area contributed by atoms with Gasteiger partial charge in [0.05, 0.1) is 0 Å². The summed E-state index contributed by atoms with van der Waals surface area (Å²) >= 11 is 0. The molecule has 0 aromatic heterocycles. The first-order valence-corrected chi connectivity index (χ1v) is 9.56. The van der Waals surface area contributed by atoms with Gasteiger partial charge < -0.3 is 0 Å². The van der Waals surface area contributed by atoms with Gasteiger partial charge >= 0.3 is 0 Å². The zero-order valence-corrected chi connectivity index (χ0v) is 14.5. The van der Waals surface area contributed by atoms with E-state index in [4.69, 9.17) is 0 Å². The molecule has 122 valence electrons. The molecule has 23 heavy (non-hydrogen) atoms. The fourth-order valence-electron chi connectivity index (χ4n) is 6.52. The Bertz CT molecular complexity index is 641. The molecule has 0 spiro atoms. The van der Waals surface area contributed by atoms with Gasteiger partial charge in [-0.2, -0.15) is 0 Å². The summed E-state index contributed by atoms with van der Waals surface area (Å²) in [5.74, 6) is 10.2. The Labute approximate surface area is 140 Å². The van der Waals surface area contributed by atoms with Gasteiger partial charge in [-0.3, -0.25) is 4.79 Å². The lowest BCUT2D eigenvalue weighted by Gasteiger charge is -2.54. The van der Waals surface area contributed by atoms with Gasteiger partial charge in [-0.25, -0.2) is 0 Å². The molecule has 2 fully saturated rings. The van der Waals surface area contributed by atoms with E-state index in [1.54, 1.807) is 0 Å². The normalized spacial score (nSPS) is 41.7. The number of carbonyl (C=O) groups is 1.